The summed E-state index contributed by atoms with van der Waals surface area (Å²) in [6.07, 6.45) is 6.06. The molecule has 0 aromatic heterocycles. The van der Waals surface area contributed by atoms with Crippen molar-refractivity contribution in [2.24, 2.45) is 5.92 Å². The van der Waals surface area contributed by atoms with Crippen LogP contribution in [0, 0.1) is 5.92 Å². The molecule has 0 aromatic carbocycles. The van der Waals surface area contributed by atoms with Crippen LogP contribution >= 0.6 is 0 Å². The average Bonchev–Trinajstić information content (AvgIpc) is 3.04. The summed E-state index contributed by atoms with van der Waals surface area (Å²) in [4.78, 5) is 14.7. The van der Waals surface area contributed by atoms with Crippen LogP contribution in [0.4, 0.5) is 4.79 Å². The lowest BCUT2D eigenvalue weighted by atomic mass is 9.90. The maximum Gasteiger partial charge on any atom is 0.315 e. The largest absolute Gasteiger partial charge is 0.348 e. The molecule has 24 heavy (non-hydrogen) atoms. The number of ether oxygens (including phenoxy) is 2. The Labute approximate surface area is 145 Å². The van der Waals surface area contributed by atoms with E-state index in [9.17, 15) is 4.79 Å². The van der Waals surface area contributed by atoms with E-state index in [1.165, 1.54) is 19.4 Å². The second kappa shape index (κ2) is 8.02. The van der Waals surface area contributed by atoms with Gasteiger partial charge in [0.05, 0.1) is 13.2 Å². The number of carbonyl (C=O) groups is 1. The van der Waals surface area contributed by atoms with Crippen LogP contribution in [-0.4, -0.2) is 61.6 Å². The van der Waals surface area contributed by atoms with Gasteiger partial charge in [0.2, 0.25) is 0 Å². The molecule has 2 heterocycles. The molecule has 3 rings (SSSR count). The predicted molar refractivity (Wildman–Crippen MR) is 92.9 cm³/mol. The highest BCUT2D eigenvalue weighted by molar-refractivity contribution is 5.74. The fraction of sp³-hybridized carbons (Fsp3) is 0.944. The average molecular weight is 339 g/mol. The minimum Gasteiger partial charge on any atom is -0.348 e. The zero-order valence-electron chi connectivity index (χ0n) is 15.2. The van der Waals surface area contributed by atoms with Crippen molar-refractivity contribution in [3.05, 3.63) is 0 Å². The molecule has 1 aliphatic carbocycles. The lowest BCUT2D eigenvalue weighted by Gasteiger charge is -2.36. The Balaban J connectivity index is 1.34. The first-order valence-electron chi connectivity index (χ1n) is 9.63. The van der Waals surface area contributed by atoms with E-state index in [-0.39, 0.29) is 17.9 Å². The summed E-state index contributed by atoms with van der Waals surface area (Å²) >= 11 is 0. The quantitative estimate of drug-likeness (QED) is 0.823. The number of hydrogen-bond acceptors (Lipinski definition) is 4. The summed E-state index contributed by atoms with van der Waals surface area (Å²) in [5.41, 5.74) is 0. The molecule has 0 radical (unpaired) electrons. The number of nitrogens with one attached hydrogen (secondary N) is 2. The van der Waals surface area contributed by atoms with Crippen LogP contribution in [0.2, 0.25) is 0 Å². The molecule has 0 aromatic rings. The van der Waals surface area contributed by atoms with Gasteiger partial charge in [-0.3, -0.25) is 0 Å². The molecule has 2 saturated heterocycles. The van der Waals surface area contributed by atoms with Gasteiger partial charge in [-0.2, -0.15) is 0 Å². The van der Waals surface area contributed by atoms with Crippen molar-refractivity contribution in [2.75, 3.05) is 32.8 Å². The van der Waals surface area contributed by atoms with E-state index in [1.54, 1.807) is 0 Å². The van der Waals surface area contributed by atoms with Gasteiger partial charge in [0.1, 0.15) is 0 Å². The second-order valence-electron chi connectivity index (χ2n) is 7.83. The maximum absolute atomic E-state index is 12.2. The Morgan fingerprint density at radius 2 is 1.92 bits per heavy atom. The molecule has 6 nitrogen and oxygen atoms in total. The van der Waals surface area contributed by atoms with E-state index in [0.717, 1.165) is 38.8 Å². The van der Waals surface area contributed by atoms with Crippen LogP contribution in [0.25, 0.3) is 0 Å². The summed E-state index contributed by atoms with van der Waals surface area (Å²) in [5.74, 6) is 0.221. The van der Waals surface area contributed by atoms with Crippen LogP contribution in [0.5, 0.6) is 0 Å². The van der Waals surface area contributed by atoms with Crippen LogP contribution in [0.1, 0.15) is 52.4 Å². The Morgan fingerprint density at radius 3 is 2.58 bits per heavy atom. The molecule has 1 spiro atoms. The Hall–Kier alpha value is -0.850. The molecule has 1 atom stereocenters. The summed E-state index contributed by atoms with van der Waals surface area (Å²) in [7, 11) is 0. The van der Waals surface area contributed by atoms with E-state index >= 15 is 0 Å². The highest BCUT2D eigenvalue weighted by Gasteiger charge is 2.40. The fourth-order valence-corrected chi connectivity index (χ4v) is 4.19. The summed E-state index contributed by atoms with van der Waals surface area (Å²) in [5, 5.41) is 6.20. The minimum absolute atomic E-state index is 0.0223. The SMILES string of the molecule is CC(C)N1CCCC(CNC(=O)NC2CCC3(CC2)OCCO3)C1. The van der Waals surface area contributed by atoms with Gasteiger partial charge in [0, 0.05) is 38.0 Å². The lowest BCUT2D eigenvalue weighted by Crippen LogP contribution is -2.49. The molecule has 6 heteroatoms. The Kier molecular flexibility index (Phi) is 6.00. The first-order valence-corrected chi connectivity index (χ1v) is 9.63. The van der Waals surface area contributed by atoms with Gasteiger partial charge in [-0.15, -0.1) is 0 Å². The number of rotatable bonds is 4. The smallest absolute Gasteiger partial charge is 0.315 e. The minimum atomic E-state index is -0.350. The first kappa shape index (κ1) is 18.0. The van der Waals surface area contributed by atoms with E-state index in [4.69, 9.17) is 9.47 Å². The number of likely N-dealkylation sites (tertiary alicyclic amines) is 1. The Morgan fingerprint density at radius 1 is 1.21 bits per heavy atom. The van der Waals surface area contributed by atoms with Crippen molar-refractivity contribution in [3.63, 3.8) is 0 Å². The number of urea groups is 1. The monoisotopic (exact) mass is 339 g/mol. The number of amides is 2. The van der Waals surface area contributed by atoms with Crippen LogP contribution in [-0.2, 0) is 9.47 Å². The molecular formula is C18H33N3O3. The molecule has 1 saturated carbocycles. The maximum atomic E-state index is 12.2. The summed E-state index contributed by atoms with van der Waals surface area (Å²) < 4.78 is 11.5. The standard InChI is InChI=1S/C18H33N3O3/c1-14(2)21-9-3-4-15(13-21)12-19-17(22)20-16-5-7-18(8-6-16)23-10-11-24-18/h14-16H,3-13H2,1-2H3,(H2,19,20,22). The Bertz CT molecular complexity index is 414. The van der Waals surface area contributed by atoms with Crippen LogP contribution < -0.4 is 10.6 Å². The molecule has 2 aliphatic heterocycles. The molecule has 2 N–H and O–H groups in total. The van der Waals surface area contributed by atoms with Crippen molar-refractivity contribution in [1.29, 1.82) is 0 Å². The van der Waals surface area contributed by atoms with Gasteiger partial charge >= 0.3 is 6.03 Å². The van der Waals surface area contributed by atoms with Gasteiger partial charge < -0.3 is 25.0 Å². The van der Waals surface area contributed by atoms with E-state index in [2.05, 4.69) is 29.4 Å². The highest BCUT2D eigenvalue weighted by atomic mass is 16.7. The zero-order chi connectivity index (χ0) is 17.0. The van der Waals surface area contributed by atoms with Crippen molar-refractivity contribution < 1.29 is 14.3 Å². The van der Waals surface area contributed by atoms with Gasteiger partial charge in [-0.1, -0.05) is 0 Å². The van der Waals surface area contributed by atoms with Gasteiger partial charge in [0.15, 0.2) is 5.79 Å². The topological polar surface area (TPSA) is 62.8 Å². The van der Waals surface area contributed by atoms with E-state index in [1.807, 2.05) is 0 Å². The van der Waals surface area contributed by atoms with Crippen molar-refractivity contribution in [3.8, 4) is 0 Å². The number of nitrogens with zero attached hydrogens (tertiary/aromatic N) is 1. The number of carbonyl (C=O) groups excluding carboxylic acids is 1. The molecule has 3 aliphatic rings. The third kappa shape index (κ3) is 4.61. The van der Waals surface area contributed by atoms with Gasteiger partial charge in [0.25, 0.3) is 0 Å². The summed E-state index contributed by atoms with van der Waals surface area (Å²) in [6, 6.07) is 0.809. The lowest BCUT2D eigenvalue weighted by molar-refractivity contribution is -0.179. The van der Waals surface area contributed by atoms with Gasteiger partial charge in [-0.05, 0) is 52.0 Å². The number of piperidine rings is 1. The third-order valence-electron chi connectivity index (χ3n) is 5.73. The van der Waals surface area contributed by atoms with E-state index < -0.39 is 0 Å². The fourth-order valence-electron chi connectivity index (χ4n) is 4.19. The van der Waals surface area contributed by atoms with Crippen LogP contribution in [0.3, 0.4) is 0 Å². The molecule has 0 bridgehead atoms. The third-order valence-corrected chi connectivity index (χ3v) is 5.73. The zero-order valence-corrected chi connectivity index (χ0v) is 15.2. The van der Waals surface area contributed by atoms with Crippen molar-refractivity contribution in [1.82, 2.24) is 15.5 Å². The normalized spacial score (nSPS) is 28.4. The van der Waals surface area contributed by atoms with E-state index in [0.29, 0.717) is 25.2 Å². The predicted octanol–water partition coefficient (Wildman–Crippen LogP) is 2.09. The van der Waals surface area contributed by atoms with Crippen LogP contribution in [0.15, 0.2) is 0 Å². The molecule has 138 valence electrons. The number of hydrogen-bond donors (Lipinski definition) is 2. The van der Waals surface area contributed by atoms with Gasteiger partial charge in [-0.25, -0.2) is 4.79 Å². The second-order valence-corrected chi connectivity index (χ2v) is 7.83. The summed E-state index contributed by atoms with van der Waals surface area (Å²) in [6.45, 7) is 8.96. The first-order chi connectivity index (χ1) is 11.6. The molecule has 1 unspecified atom stereocenters. The van der Waals surface area contributed by atoms with Crippen molar-refractivity contribution in [2.45, 2.75) is 70.2 Å². The molecule has 3 fully saturated rings. The van der Waals surface area contributed by atoms with Crippen molar-refractivity contribution >= 4 is 6.03 Å². The molecule has 2 amide bonds. The molecular weight excluding hydrogens is 306 g/mol. The highest BCUT2D eigenvalue weighted by Crippen LogP contribution is 2.35.